The molecule has 176 valence electrons. The molecular formula is C23H21ClN4O3S3. The second-order valence-corrected chi connectivity index (χ2v) is 12.8. The summed E-state index contributed by atoms with van der Waals surface area (Å²) in [6.45, 7) is 0.538. The highest BCUT2D eigenvalue weighted by Crippen LogP contribution is 2.35. The topological polar surface area (TPSA) is 83.5 Å². The number of thiophene rings is 1. The SMILES string of the molecule is O=C(C1CCCCN1S(=O)(=O)c1ccc(Cl)s1)N(Cc1cccnc1)c1nc2ccccc2s1. The van der Waals surface area contributed by atoms with Gasteiger partial charge in [0.25, 0.3) is 10.0 Å². The van der Waals surface area contributed by atoms with Gasteiger partial charge in [-0.15, -0.1) is 11.3 Å². The number of aromatic nitrogens is 2. The summed E-state index contributed by atoms with van der Waals surface area (Å²) in [4.78, 5) is 24.5. The number of pyridine rings is 1. The number of piperidine rings is 1. The lowest BCUT2D eigenvalue weighted by Crippen LogP contribution is -2.52. The monoisotopic (exact) mass is 532 g/mol. The van der Waals surface area contributed by atoms with Gasteiger partial charge < -0.3 is 0 Å². The van der Waals surface area contributed by atoms with Crippen molar-refractivity contribution in [3.63, 3.8) is 0 Å². The van der Waals surface area contributed by atoms with Gasteiger partial charge in [0.05, 0.1) is 21.1 Å². The average Bonchev–Trinajstić information content (AvgIpc) is 3.49. The third-order valence-electron chi connectivity index (χ3n) is 5.69. The molecule has 1 unspecified atom stereocenters. The number of thiazole rings is 1. The first-order chi connectivity index (χ1) is 16.4. The van der Waals surface area contributed by atoms with Crippen LogP contribution in [0.5, 0.6) is 0 Å². The molecule has 0 bridgehead atoms. The third-order valence-corrected chi connectivity index (χ3v) is 10.4. The maximum absolute atomic E-state index is 14.0. The summed E-state index contributed by atoms with van der Waals surface area (Å²) in [6, 6.07) is 13.6. The number of sulfonamides is 1. The molecule has 0 N–H and O–H groups in total. The molecule has 7 nitrogen and oxygen atoms in total. The molecule has 1 atom stereocenters. The van der Waals surface area contributed by atoms with Crippen molar-refractivity contribution in [3.05, 3.63) is 70.8 Å². The van der Waals surface area contributed by atoms with Gasteiger partial charge in [-0.05, 0) is 48.7 Å². The standard InChI is InChI=1S/C23H21ClN4O3S3/c24-20-10-11-21(33-20)34(30,31)28-13-4-3-8-18(28)22(29)27(15-16-6-5-12-25-14-16)23-26-17-7-1-2-9-19(17)32-23/h1-2,5-7,9-12,14,18H,3-4,8,13,15H2. The van der Waals surface area contributed by atoms with Crippen molar-refractivity contribution in [1.29, 1.82) is 0 Å². The summed E-state index contributed by atoms with van der Waals surface area (Å²) < 4.78 is 29.8. The maximum atomic E-state index is 14.0. The lowest BCUT2D eigenvalue weighted by Gasteiger charge is -2.35. The average molecular weight is 533 g/mol. The molecule has 1 amide bonds. The number of rotatable bonds is 6. The normalized spacial score (nSPS) is 17.1. The number of anilines is 1. The second kappa shape index (κ2) is 9.71. The quantitative estimate of drug-likeness (QED) is 0.341. The van der Waals surface area contributed by atoms with E-state index in [2.05, 4.69) is 4.98 Å². The van der Waals surface area contributed by atoms with Gasteiger partial charge in [-0.1, -0.05) is 47.6 Å². The summed E-state index contributed by atoms with van der Waals surface area (Å²) in [5.41, 5.74) is 1.64. The molecule has 34 heavy (non-hydrogen) atoms. The molecule has 0 saturated carbocycles. The van der Waals surface area contributed by atoms with Crippen molar-refractivity contribution in [2.45, 2.75) is 36.1 Å². The minimum absolute atomic E-state index is 0.149. The van der Waals surface area contributed by atoms with Gasteiger partial charge in [-0.25, -0.2) is 13.4 Å². The Labute approximate surface area is 210 Å². The van der Waals surface area contributed by atoms with Crippen molar-refractivity contribution >= 4 is 65.6 Å². The first-order valence-corrected chi connectivity index (χ1v) is 14.2. The van der Waals surface area contributed by atoms with E-state index in [0.29, 0.717) is 22.3 Å². The Morgan fingerprint density at radius 3 is 2.71 bits per heavy atom. The molecule has 4 heterocycles. The number of halogens is 1. The smallest absolute Gasteiger partial charge is 0.253 e. The Morgan fingerprint density at radius 2 is 1.97 bits per heavy atom. The Kier molecular flexibility index (Phi) is 6.67. The number of nitrogens with zero attached hydrogens (tertiary/aromatic N) is 4. The zero-order chi connectivity index (χ0) is 23.7. The van der Waals surface area contributed by atoms with Crippen molar-refractivity contribution in [1.82, 2.24) is 14.3 Å². The molecule has 11 heteroatoms. The fourth-order valence-corrected chi connectivity index (χ4v) is 8.29. The van der Waals surface area contributed by atoms with Crippen LogP contribution in [0, 0.1) is 0 Å². The van der Waals surface area contributed by atoms with Gasteiger partial charge in [0.1, 0.15) is 10.3 Å². The Morgan fingerprint density at radius 1 is 1.12 bits per heavy atom. The van der Waals surface area contributed by atoms with E-state index in [-0.39, 0.29) is 23.2 Å². The minimum atomic E-state index is -3.86. The predicted molar refractivity (Wildman–Crippen MR) is 136 cm³/mol. The van der Waals surface area contributed by atoms with Crippen LogP contribution in [0.15, 0.2) is 65.1 Å². The van der Waals surface area contributed by atoms with E-state index < -0.39 is 16.1 Å². The lowest BCUT2D eigenvalue weighted by molar-refractivity contribution is -0.123. The molecule has 0 spiro atoms. The van der Waals surface area contributed by atoms with Gasteiger partial charge >= 0.3 is 0 Å². The van der Waals surface area contributed by atoms with Crippen molar-refractivity contribution < 1.29 is 13.2 Å². The summed E-state index contributed by atoms with van der Waals surface area (Å²) >= 11 is 8.43. The molecule has 1 aromatic carbocycles. The van der Waals surface area contributed by atoms with Gasteiger partial charge in [0.2, 0.25) is 5.91 Å². The molecule has 4 aromatic rings. The zero-order valence-corrected chi connectivity index (χ0v) is 21.2. The third kappa shape index (κ3) is 4.60. The van der Waals surface area contributed by atoms with E-state index in [1.54, 1.807) is 23.4 Å². The van der Waals surface area contributed by atoms with Crippen LogP contribution in [0.2, 0.25) is 4.34 Å². The van der Waals surface area contributed by atoms with Crippen molar-refractivity contribution in [2.75, 3.05) is 11.4 Å². The van der Waals surface area contributed by atoms with Crippen LogP contribution in [-0.4, -0.2) is 41.2 Å². The Balaban J connectivity index is 1.53. The molecule has 1 aliphatic heterocycles. The van der Waals surface area contributed by atoms with E-state index in [1.807, 2.05) is 36.4 Å². The molecule has 5 rings (SSSR count). The highest BCUT2D eigenvalue weighted by molar-refractivity contribution is 7.91. The molecule has 0 radical (unpaired) electrons. The number of carbonyl (C=O) groups excluding carboxylic acids is 1. The first kappa shape index (κ1) is 23.4. The van der Waals surface area contributed by atoms with Gasteiger partial charge in [0, 0.05) is 18.9 Å². The summed E-state index contributed by atoms with van der Waals surface area (Å²) in [5.74, 6) is -0.283. The zero-order valence-electron chi connectivity index (χ0n) is 18.0. The number of amides is 1. The Hall–Kier alpha value is -2.37. The fraction of sp³-hybridized carbons (Fsp3) is 0.261. The number of hydrogen-bond acceptors (Lipinski definition) is 7. The summed E-state index contributed by atoms with van der Waals surface area (Å²) in [6.07, 6.45) is 5.30. The number of fused-ring (bicyclic) bond motifs is 1. The van der Waals surface area contributed by atoms with Crippen LogP contribution < -0.4 is 4.90 Å². The van der Waals surface area contributed by atoms with E-state index in [1.165, 1.54) is 21.7 Å². The van der Waals surface area contributed by atoms with Crippen molar-refractivity contribution in [3.8, 4) is 0 Å². The van der Waals surface area contributed by atoms with Gasteiger partial charge in [-0.3, -0.25) is 14.7 Å². The number of hydrogen-bond donors (Lipinski definition) is 0. The molecular weight excluding hydrogens is 512 g/mol. The van der Waals surface area contributed by atoms with Gasteiger partial charge in [-0.2, -0.15) is 4.31 Å². The summed E-state index contributed by atoms with van der Waals surface area (Å²) in [5, 5.41) is 0.539. The van der Waals surface area contributed by atoms with Crippen LogP contribution in [-0.2, 0) is 21.4 Å². The predicted octanol–water partition coefficient (Wildman–Crippen LogP) is 5.18. The lowest BCUT2D eigenvalue weighted by atomic mass is 10.0. The van der Waals surface area contributed by atoms with Crippen LogP contribution in [0.25, 0.3) is 10.2 Å². The van der Waals surface area contributed by atoms with Crippen molar-refractivity contribution in [2.24, 2.45) is 0 Å². The number of carbonyl (C=O) groups is 1. The van der Waals surface area contributed by atoms with E-state index in [9.17, 15) is 13.2 Å². The van der Waals surface area contributed by atoms with E-state index in [0.717, 1.165) is 33.5 Å². The van der Waals surface area contributed by atoms with Crippen LogP contribution in [0.3, 0.4) is 0 Å². The molecule has 1 aliphatic rings. The molecule has 0 aliphatic carbocycles. The first-order valence-electron chi connectivity index (χ1n) is 10.8. The molecule has 3 aromatic heterocycles. The highest BCUT2D eigenvalue weighted by atomic mass is 35.5. The number of benzene rings is 1. The highest BCUT2D eigenvalue weighted by Gasteiger charge is 2.41. The van der Waals surface area contributed by atoms with E-state index in [4.69, 9.17) is 16.6 Å². The van der Waals surface area contributed by atoms with Crippen LogP contribution in [0.4, 0.5) is 5.13 Å². The van der Waals surface area contributed by atoms with Gasteiger partial charge in [0.15, 0.2) is 5.13 Å². The maximum Gasteiger partial charge on any atom is 0.253 e. The molecule has 1 fully saturated rings. The van der Waals surface area contributed by atoms with Crippen LogP contribution in [0.1, 0.15) is 24.8 Å². The van der Waals surface area contributed by atoms with E-state index >= 15 is 0 Å². The Bertz CT molecular complexity index is 1390. The fourth-order valence-electron chi connectivity index (χ4n) is 4.06. The van der Waals surface area contributed by atoms with Crippen LogP contribution >= 0.6 is 34.3 Å². The number of para-hydroxylation sites is 1. The minimum Gasteiger partial charge on any atom is -0.282 e. The largest absolute Gasteiger partial charge is 0.282 e. The molecule has 1 saturated heterocycles. The summed E-state index contributed by atoms with van der Waals surface area (Å²) in [7, 11) is -3.86. The second-order valence-electron chi connectivity index (χ2n) is 7.94.